The van der Waals surface area contributed by atoms with Crippen molar-refractivity contribution in [3.8, 4) is 0 Å². The van der Waals surface area contributed by atoms with E-state index in [1.165, 1.54) is 0 Å². The lowest BCUT2D eigenvalue weighted by Crippen LogP contribution is -2.02. The van der Waals surface area contributed by atoms with Crippen molar-refractivity contribution in [2.24, 2.45) is 0 Å². The molecule has 0 radical (unpaired) electrons. The second-order valence-corrected chi connectivity index (χ2v) is 2.41. The lowest BCUT2D eigenvalue weighted by atomic mass is 10.3. The maximum absolute atomic E-state index is 5.71. The average Bonchev–Trinajstić information content (AvgIpc) is 2.17. The van der Waals surface area contributed by atoms with Gasteiger partial charge in [0, 0.05) is 12.1 Å². The van der Waals surface area contributed by atoms with Gasteiger partial charge in [0.05, 0.1) is 5.69 Å². The van der Waals surface area contributed by atoms with Gasteiger partial charge >= 0.3 is 0 Å². The first-order valence-corrected chi connectivity index (χ1v) is 3.46. The van der Waals surface area contributed by atoms with E-state index in [4.69, 9.17) is 5.73 Å². The minimum atomic E-state index is 0.792. The smallest absolute Gasteiger partial charge is 0.124 e. The third-order valence-electron chi connectivity index (χ3n) is 1.78. The first kappa shape index (κ1) is 7.12. The van der Waals surface area contributed by atoms with Crippen molar-refractivity contribution in [3.05, 3.63) is 11.3 Å². The topological polar surface area (TPSA) is 43.8 Å². The molecule has 0 bridgehead atoms. The Morgan fingerprint density at radius 2 is 2.10 bits per heavy atom. The summed E-state index contributed by atoms with van der Waals surface area (Å²) in [6, 6.07) is 0. The molecule has 3 heteroatoms. The van der Waals surface area contributed by atoms with Gasteiger partial charge in [0.1, 0.15) is 5.82 Å². The maximum Gasteiger partial charge on any atom is 0.124 e. The van der Waals surface area contributed by atoms with Gasteiger partial charge in [-0.15, -0.1) is 0 Å². The quantitative estimate of drug-likeness (QED) is 0.633. The summed E-state index contributed by atoms with van der Waals surface area (Å²) >= 11 is 0. The molecule has 3 nitrogen and oxygen atoms in total. The molecule has 0 unspecified atom stereocenters. The zero-order chi connectivity index (χ0) is 7.72. The fraction of sp³-hybridized carbons (Fsp3) is 0.571. The molecule has 2 N–H and O–H groups in total. The van der Waals surface area contributed by atoms with E-state index in [1.54, 1.807) is 0 Å². The molecule has 0 saturated heterocycles. The number of hydrogen-bond donors (Lipinski definition) is 1. The summed E-state index contributed by atoms with van der Waals surface area (Å²) in [5.74, 6) is 0.792. The van der Waals surface area contributed by atoms with Gasteiger partial charge < -0.3 is 5.73 Å². The van der Waals surface area contributed by atoms with E-state index in [9.17, 15) is 0 Å². The first-order chi connectivity index (χ1) is 4.66. The summed E-state index contributed by atoms with van der Waals surface area (Å²) in [6.07, 6.45) is 0. The second-order valence-electron chi connectivity index (χ2n) is 2.41. The molecule has 10 heavy (non-hydrogen) atoms. The van der Waals surface area contributed by atoms with Crippen LogP contribution in [0.25, 0.3) is 0 Å². The van der Waals surface area contributed by atoms with E-state index < -0.39 is 0 Å². The Morgan fingerprint density at radius 1 is 1.50 bits per heavy atom. The molecule has 1 aromatic heterocycles. The number of nitrogen functional groups attached to an aromatic ring is 1. The van der Waals surface area contributed by atoms with Gasteiger partial charge in [-0.05, 0) is 20.8 Å². The molecule has 0 aliphatic carbocycles. The van der Waals surface area contributed by atoms with Crippen molar-refractivity contribution >= 4 is 5.82 Å². The standard InChI is InChI=1S/C7H13N3/c1-4-10-7(8)5(2)6(3)9-10/h4,8H2,1-3H3. The monoisotopic (exact) mass is 139 g/mol. The van der Waals surface area contributed by atoms with Crippen molar-refractivity contribution in [1.82, 2.24) is 9.78 Å². The molecule has 56 valence electrons. The van der Waals surface area contributed by atoms with Crippen LogP contribution in [0.15, 0.2) is 0 Å². The third kappa shape index (κ3) is 0.875. The Morgan fingerprint density at radius 3 is 2.30 bits per heavy atom. The minimum Gasteiger partial charge on any atom is -0.384 e. The van der Waals surface area contributed by atoms with E-state index in [1.807, 2.05) is 25.5 Å². The summed E-state index contributed by atoms with van der Waals surface area (Å²) in [5.41, 5.74) is 7.84. The van der Waals surface area contributed by atoms with E-state index >= 15 is 0 Å². The predicted octanol–water partition coefficient (Wildman–Crippen LogP) is 1.10. The molecule has 0 aromatic carbocycles. The zero-order valence-electron chi connectivity index (χ0n) is 6.68. The third-order valence-corrected chi connectivity index (χ3v) is 1.78. The summed E-state index contributed by atoms with van der Waals surface area (Å²) in [7, 11) is 0. The molecule has 1 aromatic rings. The number of nitrogens with two attached hydrogens (primary N) is 1. The fourth-order valence-corrected chi connectivity index (χ4v) is 0.930. The lowest BCUT2D eigenvalue weighted by Gasteiger charge is -1.96. The summed E-state index contributed by atoms with van der Waals surface area (Å²) < 4.78 is 1.81. The Hall–Kier alpha value is -0.990. The normalized spacial score (nSPS) is 10.3. The summed E-state index contributed by atoms with van der Waals surface area (Å²) in [4.78, 5) is 0. The highest BCUT2D eigenvalue weighted by Gasteiger charge is 2.04. The highest BCUT2D eigenvalue weighted by molar-refractivity contribution is 5.41. The van der Waals surface area contributed by atoms with Gasteiger partial charge in [0.25, 0.3) is 0 Å². The molecule has 1 heterocycles. The number of aryl methyl sites for hydroxylation is 2. The highest BCUT2D eigenvalue weighted by atomic mass is 15.3. The second kappa shape index (κ2) is 2.33. The van der Waals surface area contributed by atoms with Gasteiger partial charge in [0.2, 0.25) is 0 Å². The molecule has 0 spiro atoms. The van der Waals surface area contributed by atoms with Crippen LogP contribution in [0.5, 0.6) is 0 Å². The number of anilines is 1. The minimum absolute atomic E-state index is 0.792. The average molecular weight is 139 g/mol. The van der Waals surface area contributed by atoms with Crippen LogP contribution in [0.4, 0.5) is 5.82 Å². The van der Waals surface area contributed by atoms with Gasteiger partial charge in [-0.25, -0.2) is 4.68 Å². The van der Waals surface area contributed by atoms with Crippen LogP contribution in [0, 0.1) is 13.8 Å². The zero-order valence-corrected chi connectivity index (χ0v) is 6.68. The highest BCUT2D eigenvalue weighted by Crippen LogP contribution is 2.13. The Kier molecular flexibility index (Phi) is 1.66. The SMILES string of the molecule is CCn1nc(C)c(C)c1N. The van der Waals surface area contributed by atoms with Crippen LogP contribution >= 0.6 is 0 Å². The van der Waals surface area contributed by atoms with Crippen molar-refractivity contribution < 1.29 is 0 Å². The molecule has 0 amide bonds. The molecular weight excluding hydrogens is 126 g/mol. The molecule has 1 rings (SSSR count). The van der Waals surface area contributed by atoms with Crippen LogP contribution in [0.3, 0.4) is 0 Å². The van der Waals surface area contributed by atoms with Crippen molar-refractivity contribution in [2.75, 3.05) is 5.73 Å². The molecule has 0 aliphatic heterocycles. The lowest BCUT2D eigenvalue weighted by molar-refractivity contribution is 0.663. The van der Waals surface area contributed by atoms with Gasteiger partial charge in [0.15, 0.2) is 0 Å². The molecular formula is C7H13N3. The molecule has 0 aliphatic rings. The maximum atomic E-state index is 5.71. The Balaban J connectivity index is 3.17. The van der Waals surface area contributed by atoms with Crippen molar-refractivity contribution in [1.29, 1.82) is 0 Å². The number of aromatic nitrogens is 2. The van der Waals surface area contributed by atoms with Crippen LogP contribution in [0.1, 0.15) is 18.2 Å². The summed E-state index contributed by atoms with van der Waals surface area (Å²) in [5, 5.41) is 4.22. The van der Waals surface area contributed by atoms with E-state index in [2.05, 4.69) is 5.10 Å². The van der Waals surface area contributed by atoms with Crippen molar-refractivity contribution in [3.63, 3.8) is 0 Å². The molecule has 0 fully saturated rings. The summed E-state index contributed by atoms with van der Waals surface area (Å²) in [6.45, 7) is 6.84. The largest absolute Gasteiger partial charge is 0.384 e. The van der Waals surface area contributed by atoms with E-state index in [-0.39, 0.29) is 0 Å². The van der Waals surface area contributed by atoms with Crippen LogP contribution in [0.2, 0.25) is 0 Å². The Labute approximate surface area is 60.8 Å². The molecule has 0 atom stereocenters. The van der Waals surface area contributed by atoms with Crippen LogP contribution < -0.4 is 5.73 Å². The van der Waals surface area contributed by atoms with Crippen molar-refractivity contribution in [2.45, 2.75) is 27.3 Å². The number of hydrogen-bond acceptors (Lipinski definition) is 2. The van der Waals surface area contributed by atoms with E-state index in [0.717, 1.165) is 23.6 Å². The van der Waals surface area contributed by atoms with Crippen LogP contribution in [-0.4, -0.2) is 9.78 Å². The van der Waals surface area contributed by atoms with E-state index in [0.29, 0.717) is 0 Å². The van der Waals surface area contributed by atoms with Crippen LogP contribution in [-0.2, 0) is 6.54 Å². The number of nitrogens with zero attached hydrogens (tertiary/aromatic N) is 2. The Bertz CT molecular complexity index is 237. The first-order valence-electron chi connectivity index (χ1n) is 3.46. The predicted molar refractivity (Wildman–Crippen MR) is 41.8 cm³/mol. The van der Waals surface area contributed by atoms with Gasteiger partial charge in [-0.2, -0.15) is 5.10 Å². The van der Waals surface area contributed by atoms with Gasteiger partial charge in [-0.1, -0.05) is 0 Å². The fourth-order valence-electron chi connectivity index (χ4n) is 0.930. The number of rotatable bonds is 1. The van der Waals surface area contributed by atoms with Gasteiger partial charge in [-0.3, -0.25) is 0 Å². The molecule has 0 saturated carbocycles.